The molecule has 0 saturated carbocycles. The summed E-state index contributed by atoms with van der Waals surface area (Å²) in [5.41, 5.74) is 8.77. The Hall–Kier alpha value is -2.66. The van der Waals surface area contributed by atoms with E-state index in [1.807, 2.05) is 41.3 Å². The Bertz CT molecular complexity index is 842. The second-order valence-corrected chi connectivity index (χ2v) is 7.55. The number of carbonyl (C=O) groups excluding carboxylic acids is 2. The SMILES string of the molecule is NCC(=O)NC1CC2(CCN(C(=O)c3ccccc3)CC2)c2ccccc21. The minimum atomic E-state index is -0.122. The summed E-state index contributed by atoms with van der Waals surface area (Å²) < 4.78 is 0. The molecule has 2 aliphatic rings. The number of likely N-dealkylation sites (tertiary alicyclic amines) is 1. The van der Waals surface area contributed by atoms with Crippen molar-refractivity contribution in [2.75, 3.05) is 19.6 Å². The zero-order chi connectivity index (χ0) is 18.9. The van der Waals surface area contributed by atoms with Crippen LogP contribution in [0.4, 0.5) is 0 Å². The highest BCUT2D eigenvalue weighted by Crippen LogP contribution is 2.50. The van der Waals surface area contributed by atoms with Crippen LogP contribution in [0.1, 0.15) is 46.8 Å². The number of amides is 2. The third kappa shape index (κ3) is 3.23. The van der Waals surface area contributed by atoms with Gasteiger partial charge in [-0.05, 0) is 42.5 Å². The number of nitrogens with one attached hydrogen (secondary N) is 1. The molecule has 1 saturated heterocycles. The molecule has 140 valence electrons. The molecule has 2 amide bonds. The summed E-state index contributed by atoms with van der Waals surface area (Å²) in [6.07, 6.45) is 2.71. The van der Waals surface area contributed by atoms with E-state index in [-0.39, 0.29) is 29.8 Å². The van der Waals surface area contributed by atoms with Crippen LogP contribution >= 0.6 is 0 Å². The van der Waals surface area contributed by atoms with Crippen molar-refractivity contribution in [1.29, 1.82) is 0 Å². The van der Waals surface area contributed by atoms with Crippen molar-refractivity contribution >= 4 is 11.8 Å². The molecule has 3 N–H and O–H groups in total. The van der Waals surface area contributed by atoms with E-state index in [0.29, 0.717) is 0 Å². The number of nitrogens with zero attached hydrogens (tertiary/aromatic N) is 1. The standard InChI is InChI=1S/C22H25N3O2/c23-15-20(26)24-19-14-22(18-9-5-4-8-17(18)19)10-12-25(13-11-22)21(27)16-6-2-1-3-7-16/h1-9,19H,10-15,23H2,(H,24,26). The van der Waals surface area contributed by atoms with Crippen LogP contribution in [0, 0.1) is 0 Å². The van der Waals surface area contributed by atoms with Crippen LogP contribution < -0.4 is 11.1 Å². The molecule has 1 unspecified atom stereocenters. The number of nitrogens with two attached hydrogens (primary N) is 1. The average molecular weight is 363 g/mol. The zero-order valence-electron chi connectivity index (χ0n) is 15.4. The number of piperidine rings is 1. The minimum Gasteiger partial charge on any atom is -0.348 e. The van der Waals surface area contributed by atoms with Crippen molar-refractivity contribution < 1.29 is 9.59 Å². The molecule has 0 radical (unpaired) electrons. The van der Waals surface area contributed by atoms with Crippen LogP contribution in [-0.2, 0) is 10.2 Å². The largest absolute Gasteiger partial charge is 0.348 e. The van der Waals surface area contributed by atoms with Gasteiger partial charge in [0.15, 0.2) is 0 Å². The molecule has 1 spiro atoms. The lowest BCUT2D eigenvalue weighted by atomic mass is 9.73. The number of hydrogen-bond acceptors (Lipinski definition) is 3. The first-order valence-corrected chi connectivity index (χ1v) is 9.56. The summed E-state index contributed by atoms with van der Waals surface area (Å²) in [6, 6.07) is 17.8. The van der Waals surface area contributed by atoms with Gasteiger partial charge in [-0.2, -0.15) is 0 Å². The third-order valence-corrected chi connectivity index (χ3v) is 6.05. The molecule has 1 aliphatic heterocycles. The van der Waals surface area contributed by atoms with Gasteiger partial charge in [-0.15, -0.1) is 0 Å². The molecule has 1 aliphatic carbocycles. The van der Waals surface area contributed by atoms with E-state index in [2.05, 4.69) is 23.5 Å². The Balaban J connectivity index is 1.52. The van der Waals surface area contributed by atoms with E-state index >= 15 is 0 Å². The highest BCUT2D eigenvalue weighted by Gasteiger charge is 2.46. The second-order valence-electron chi connectivity index (χ2n) is 7.55. The Morgan fingerprint density at radius 3 is 2.41 bits per heavy atom. The molecule has 1 heterocycles. The quantitative estimate of drug-likeness (QED) is 0.879. The molecule has 5 nitrogen and oxygen atoms in total. The van der Waals surface area contributed by atoms with E-state index in [1.54, 1.807) is 0 Å². The summed E-state index contributed by atoms with van der Waals surface area (Å²) in [4.78, 5) is 26.6. The lowest BCUT2D eigenvalue weighted by molar-refractivity contribution is -0.120. The Morgan fingerprint density at radius 2 is 1.70 bits per heavy atom. The first-order chi connectivity index (χ1) is 13.1. The fourth-order valence-corrected chi connectivity index (χ4v) is 4.65. The molecular weight excluding hydrogens is 338 g/mol. The van der Waals surface area contributed by atoms with Gasteiger partial charge in [0, 0.05) is 24.1 Å². The van der Waals surface area contributed by atoms with Gasteiger partial charge in [0.2, 0.25) is 5.91 Å². The highest BCUT2D eigenvalue weighted by molar-refractivity contribution is 5.94. The minimum absolute atomic E-state index is 0.00498. The molecule has 2 aromatic rings. The number of hydrogen-bond donors (Lipinski definition) is 2. The van der Waals surface area contributed by atoms with Gasteiger partial charge in [0.1, 0.15) is 0 Å². The molecule has 1 atom stereocenters. The maximum Gasteiger partial charge on any atom is 0.253 e. The molecule has 5 heteroatoms. The first-order valence-electron chi connectivity index (χ1n) is 9.56. The second kappa shape index (κ2) is 7.16. The summed E-state index contributed by atoms with van der Waals surface area (Å²) in [7, 11) is 0. The summed E-state index contributed by atoms with van der Waals surface area (Å²) >= 11 is 0. The number of rotatable bonds is 3. The van der Waals surface area contributed by atoms with Crippen LogP contribution in [0.2, 0.25) is 0 Å². The van der Waals surface area contributed by atoms with Crippen molar-refractivity contribution in [3.8, 4) is 0 Å². The topological polar surface area (TPSA) is 75.4 Å². The van der Waals surface area contributed by atoms with Gasteiger partial charge in [-0.1, -0.05) is 42.5 Å². The average Bonchev–Trinajstić information content (AvgIpc) is 3.02. The normalized spacial score (nSPS) is 20.3. The molecule has 0 bridgehead atoms. The molecule has 2 aromatic carbocycles. The molecule has 4 rings (SSSR count). The van der Waals surface area contributed by atoms with Gasteiger partial charge in [0.25, 0.3) is 5.91 Å². The Labute approximate surface area is 159 Å². The van der Waals surface area contributed by atoms with E-state index in [9.17, 15) is 9.59 Å². The number of benzene rings is 2. The monoisotopic (exact) mass is 363 g/mol. The van der Waals surface area contributed by atoms with Gasteiger partial charge in [-0.3, -0.25) is 9.59 Å². The fraction of sp³-hybridized carbons (Fsp3) is 0.364. The van der Waals surface area contributed by atoms with Crippen LogP contribution in [0.25, 0.3) is 0 Å². The number of carbonyl (C=O) groups is 2. The van der Waals surface area contributed by atoms with Crippen molar-refractivity contribution in [2.45, 2.75) is 30.7 Å². The third-order valence-electron chi connectivity index (χ3n) is 6.05. The smallest absolute Gasteiger partial charge is 0.253 e. The predicted octanol–water partition coefficient (Wildman–Crippen LogP) is 2.38. The number of fused-ring (bicyclic) bond motifs is 2. The summed E-state index contributed by atoms with van der Waals surface area (Å²) in [5, 5.41) is 3.07. The molecular formula is C22H25N3O2. The first kappa shape index (κ1) is 17.7. The van der Waals surface area contributed by atoms with E-state index in [0.717, 1.165) is 37.9 Å². The van der Waals surface area contributed by atoms with Crippen LogP contribution in [0.5, 0.6) is 0 Å². The zero-order valence-corrected chi connectivity index (χ0v) is 15.4. The van der Waals surface area contributed by atoms with Crippen molar-refractivity contribution in [3.05, 3.63) is 71.3 Å². The van der Waals surface area contributed by atoms with Crippen LogP contribution in [0.15, 0.2) is 54.6 Å². The molecule has 27 heavy (non-hydrogen) atoms. The summed E-state index contributed by atoms with van der Waals surface area (Å²) in [5.74, 6) is -0.0201. The van der Waals surface area contributed by atoms with Crippen LogP contribution in [0.3, 0.4) is 0 Å². The van der Waals surface area contributed by atoms with Crippen molar-refractivity contribution in [1.82, 2.24) is 10.2 Å². The lowest BCUT2D eigenvalue weighted by Crippen LogP contribution is -2.45. The van der Waals surface area contributed by atoms with Gasteiger partial charge in [0.05, 0.1) is 12.6 Å². The van der Waals surface area contributed by atoms with Crippen molar-refractivity contribution in [3.63, 3.8) is 0 Å². The predicted molar refractivity (Wildman–Crippen MR) is 104 cm³/mol. The molecule has 1 fully saturated rings. The van der Waals surface area contributed by atoms with Gasteiger partial charge >= 0.3 is 0 Å². The maximum absolute atomic E-state index is 12.8. The fourth-order valence-electron chi connectivity index (χ4n) is 4.65. The lowest BCUT2D eigenvalue weighted by Gasteiger charge is -2.40. The highest BCUT2D eigenvalue weighted by atomic mass is 16.2. The van der Waals surface area contributed by atoms with E-state index in [1.165, 1.54) is 11.1 Å². The maximum atomic E-state index is 12.8. The van der Waals surface area contributed by atoms with Gasteiger partial charge < -0.3 is 16.0 Å². The van der Waals surface area contributed by atoms with Gasteiger partial charge in [-0.25, -0.2) is 0 Å². The van der Waals surface area contributed by atoms with Crippen molar-refractivity contribution in [2.24, 2.45) is 5.73 Å². The van der Waals surface area contributed by atoms with E-state index < -0.39 is 0 Å². The Morgan fingerprint density at radius 1 is 1.04 bits per heavy atom. The van der Waals surface area contributed by atoms with Crippen LogP contribution in [-0.4, -0.2) is 36.3 Å². The summed E-state index contributed by atoms with van der Waals surface area (Å²) in [6.45, 7) is 1.48. The Kier molecular flexibility index (Phi) is 4.70. The molecule has 0 aromatic heterocycles. The van der Waals surface area contributed by atoms with E-state index in [4.69, 9.17) is 5.73 Å².